The van der Waals surface area contributed by atoms with Gasteiger partial charge < -0.3 is 0 Å². The second-order valence-corrected chi connectivity index (χ2v) is 14.8. The molecule has 7 nitrogen and oxygen atoms in total. The number of hydroxylamine groups is 1. The molecule has 1 saturated carbocycles. The van der Waals surface area contributed by atoms with Gasteiger partial charge in [0.2, 0.25) is 10.0 Å². The van der Waals surface area contributed by atoms with Gasteiger partial charge >= 0.3 is 0 Å². The van der Waals surface area contributed by atoms with Gasteiger partial charge in [0, 0.05) is 22.8 Å². The van der Waals surface area contributed by atoms with Gasteiger partial charge in [0.25, 0.3) is 5.91 Å². The topological polar surface area (TPSA) is 99.6 Å². The Kier molecular flexibility index (Phi) is 7.43. The quantitative estimate of drug-likeness (QED) is 0.335. The summed E-state index contributed by atoms with van der Waals surface area (Å²) in [5.41, 5.74) is 2.44. The molecule has 2 heterocycles. The molecule has 4 rings (SSSR count). The summed E-state index contributed by atoms with van der Waals surface area (Å²) in [6, 6.07) is 3.97. The number of hydrogen-bond acceptors (Lipinski definition) is 8. The molecule has 1 aliphatic heterocycles. The molecule has 2 aliphatic rings. The van der Waals surface area contributed by atoms with Crippen LogP contribution < -0.4 is 5.48 Å². The molecule has 2 aromatic rings. The fraction of sp³-hybridized carbons (Fsp3) is 0.619. The molecule has 0 unspecified atom stereocenters. The first-order valence-corrected chi connectivity index (χ1v) is 15.1. The lowest BCUT2D eigenvalue weighted by Gasteiger charge is -2.43. The summed E-state index contributed by atoms with van der Waals surface area (Å²) in [4.78, 5) is 17.2. The van der Waals surface area contributed by atoms with E-state index in [4.69, 9.17) is 0 Å². The fourth-order valence-electron chi connectivity index (χ4n) is 4.50. The molecule has 0 radical (unpaired) electrons. The van der Waals surface area contributed by atoms with Crippen molar-refractivity contribution in [3.05, 3.63) is 18.2 Å². The SMILES string of the molecule is CC1(C)SCCN(S(=O)(=O)c2ccc3nc(SCC4CCCCC4)sc3c2)[C@H]1C(=O)NO. The van der Waals surface area contributed by atoms with Gasteiger partial charge in [0.05, 0.1) is 15.1 Å². The van der Waals surface area contributed by atoms with E-state index in [-0.39, 0.29) is 11.4 Å². The Bertz CT molecular complexity index is 1080. The summed E-state index contributed by atoms with van der Waals surface area (Å²) in [5.74, 6) is 1.66. The highest BCUT2D eigenvalue weighted by Crippen LogP contribution is 2.39. The normalized spacial score (nSPS) is 22.8. The molecular formula is C21H29N3O4S4. The van der Waals surface area contributed by atoms with Gasteiger partial charge in [0.15, 0.2) is 4.34 Å². The third kappa shape index (κ3) is 4.97. The van der Waals surface area contributed by atoms with Gasteiger partial charge in [-0.1, -0.05) is 31.0 Å². The first-order valence-electron chi connectivity index (χ1n) is 10.9. The van der Waals surface area contributed by atoms with E-state index in [0.717, 1.165) is 26.2 Å². The number of benzene rings is 1. The molecule has 1 amide bonds. The van der Waals surface area contributed by atoms with Crippen LogP contribution >= 0.6 is 34.9 Å². The number of hydrogen-bond donors (Lipinski definition) is 2. The average molecular weight is 516 g/mol. The lowest BCUT2D eigenvalue weighted by Crippen LogP contribution is -2.61. The lowest BCUT2D eigenvalue weighted by atomic mass is 9.91. The number of rotatable bonds is 6. The number of nitrogens with one attached hydrogen (secondary N) is 1. The number of sulfonamides is 1. The molecule has 0 spiro atoms. The minimum Gasteiger partial charge on any atom is -0.289 e. The van der Waals surface area contributed by atoms with E-state index in [0.29, 0.717) is 5.75 Å². The van der Waals surface area contributed by atoms with Crippen LogP contribution in [0.25, 0.3) is 10.2 Å². The van der Waals surface area contributed by atoms with Crippen LogP contribution in [-0.2, 0) is 14.8 Å². The average Bonchev–Trinajstić information content (AvgIpc) is 3.19. The highest BCUT2D eigenvalue weighted by atomic mass is 32.2. The monoisotopic (exact) mass is 515 g/mol. The van der Waals surface area contributed by atoms with Crippen molar-refractivity contribution in [1.82, 2.24) is 14.8 Å². The third-order valence-corrected chi connectivity index (χ3v) is 11.8. The van der Waals surface area contributed by atoms with E-state index in [1.165, 1.54) is 59.5 Å². The van der Waals surface area contributed by atoms with E-state index in [2.05, 4.69) is 4.98 Å². The van der Waals surface area contributed by atoms with Crippen molar-refractivity contribution >= 4 is 61.0 Å². The van der Waals surface area contributed by atoms with Crippen LogP contribution in [0.4, 0.5) is 0 Å². The Hall–Kier alpha value is -0.850. The van der Waals surface area contributed by atoms with E-state index in [1.54, 1.807) is 35.4 Å². The molecule has 1 aliphatic carbocycles. The Morgan fingerprint density at radius 3 is 2.78 bits per heavy atom. The van der Waals surface area contributed by atoms with Crippen molar-refractivity contribution in [3.63, 3.8) is 0 Å². The van der Waals surface area contributed by atoms with Gasteiger partial charge in [0.1, 0.15) is 6.04 Å². The second kappa shape index (κ2) is 9.79. The Morgan fingerprint density at radius 2 is 2.06 bits per heavy atom. The first kappa shape index (κ1) is 24.3. The molecule has 176 valence electrons. The van der Waals surface area contributed by atoms with Gasteiger partial charge in [-0.25, -0.2) is 18.9 Å². The molecular weight excluding hydrogens is 487 g/mol. The minimum absolute atomic E-state index is 0.149. The van der Waals surface area contributed by atoms with Gasteiger partial charge in [-0.2, -0.15) is 16.1 Å². The number of amides is 1. The molecule has 2 fully saturated rings. The predicted octanol–water partition coefficient (Wildman–Crippen LogP) is 4.36. The van der Waals surface area contributed by atoms with Gasteiger partial charge in [-0.3, -0.25) is 10.0 Å². The highest BCUT2D eigenvalue weighted by molar-refractivity contribution is 8.01. The van der Waals surface area contributed by atoms with Crippen LogP contribution in [0.3, 0.4) is 0 Å². The number of fused-ring (bicyclic) bond motifs is 1. The molecule has 1 saturated heterocycles. The Balaban J connectivity index is 1.58. The summed E-state index contributed by atoms with van der Waals surface area (Å²) in [7, 11) is -3.93. The molecule has 2 N–H and O–H groups in total. The summed E-state index contributed by atoms with van der Waals surface area (Å²) >= 11 is 4.81. The number of thioether (sulfide) groups is 2. The molecule has 11 heteroatoms. The summed E-state index contributed by atoms with van der Waals surface area (Å²) < 4.78 is 29.4. The zero-order valence-corrected chi connectivity index (χ0v) is 21.5. The maximum atomic E-state index is 13.5. The minimum atomic E-state index is -3.93. The molecule has 1 aromatic carbocycles. The van der Waals surface area contributed by atoms with Crippen LogP contribution in [0.5, 0.6) is 0 Å². The van der Waals surface area contributed by atoms with Crippen LogP contribution in [0.2, 0.25) is 0 Å². The Morgan fingerprint density at radius 1 is 1.31 bits per heavy atom. The third-order valence-electron chi connectivity index (χ3n) is 6.20. The van der Waals surface area contributed by atoms with E-state index in [1.807, 2.05) is 13.8 Å². The fourth-order valence-corrected chi connectivity index (χ4v) is 10.0. The zero-order valence-electron chi connectivity index (χ0n) is 18.2. The largest absolute Gasteiger partial charge is 0.289 e. The van der Waals surface area contributed by atoms with Crippen molar-refractivity contribution in [3.8, 4) is 0 Å². The van der Waals surface area contributed by atoms with E-state index >= 15 is 0 Å². The zero-order chi connectivity index (χ0) is 22.9. The molecule has 1 aromatic heterocycles. The Labute approximate surface area is 201 Å². The van der Waals surface area contributed by atoms with Crippen molar-refractivity contribution in [2.24, 2.45) is 5.92 Å². The van der Waals surface area contributed by atoms with Crippen LogP contribution in [-0.4, -0.2) is 57.7 Å². The molecule has 0 bridgehead atoms. The van der Waals surface area contributed by atoms with E-state index < -0.39 is 26.7 Å². The maximum Gasteiger partial charge on any atom is 0.263 e. The van der Waals surface area contributed by atoms with Crippen molar-refractivity contribution in [1.29, 1.82) is 0 Å². The van der Waals surface area contributed by atoms with E-state index in [9.17, 15) is 18.4 Å². The number of carbonyl (C=O) groups excluding carboxylic acids is 1. The lowest BCUT2D eigenvalue weighted by molar-refractivity contribution is -0.134. The van der Waals surface area contributed by atoms with Gasteiger partial charge in [-0.05, 0) is 50.8 Å². The second-order valence-electron chi connectivity index (χ2n) is 8.87. The van der Waals surface area contributed by atoms with Gasteiger partial charge in [-0.15, -0.1) is 11.3 Å². The number of carbonyl (C=O) groups is 1. The summed E-state index contributed by atoms with van der Waals surface area (Å²) in [5, 5.41) is 9.22. The van der Waals surface area contributed by atoms with Crippen molar-refractivity contribution in [2.45, 2.75) is 66.0 Å². The first-order chi connectivity index (χ1) is 15.2. The summed E-state index contributed by atoms with van der Waals surface area (Å²) in [6.07, 6.45) is 6.54. The molecule has 1 atom stereocenters. The van der Waals surface area contributed by atoms with Crippen LogP contribution in [0.15, 0.2) is 27.4 Å². The standard InChI is InChI=1S/C21H29N3O4S4/c1-21(2)18(19(25)23-26)24(10-11-30-21)32(27,28)15-8-9-16-17(12-15)31-20(22-16)29-13-14-6-4-3-5-7-14/h8-9,12,14,18,26H,3-7,10-11,13H2,1-2H3,(H,23,25)/t18-/m0/s1. The van der Waals surface area contributed by atoms with Crippen molar-refractivity contribution in [2.75, 3.05) is 18.1 Å². The highest BCUT2D eigenvalue weighted by Gasteiger charge is 2.48. The smallest absolute Gasteiger partial charge is 0.263 e. The van der Waals surface area contributed by atoms with Crippen LogP contribution in [0.1, 0.15) is 46.0 Å². The van der Waals surface area contributed by atoms with Crippen LogP contribution in [0, 0.1) is 5.92 Å². The number of aromatic nitrogens is 1. The molecule has 32 heavy (non-hydrogen) atoms. The number of nitrogens with zero attached hydrogens (tertiary/aromatic N) is 2. The predicted molar refractivity (Wildman–Crippen MR) is 131 cm³/mol. The maximum absolute atomic E-state index is 13.5. The van der Waals surface area contributed by atoms with Crippen molar-refractivity contribution < 1.29 is 18.4 Å². The number of thiazole rings is 1. The summed E-state index contributed by atoms with van der Waals surface area (Å²) in [6.45, 7) is 3.85.